The Kier molecular flexibility index (Phi) is 12.7. The Balaban J connectivity index is 0.00000300. The summed E-state index contributed by atoms with van der Waals surface area (Å²) in [6.07, 6.45) is 8.74. The number of hydrogen-bond donors (Lipinski definition) is 2. The molecule has 2 fully saturated rings. The SMILES string of the molecule is I.c1coc(CCNC(=NCCCN2CCOCC2)NCCC2CCCCO2)c1. The van der Waals surface area contributed by atoms with Gasteiger partial charge in [-0.3, -0.25) is 9.89 Å². The predicted octanol–water partition coefficient (Wildman–Crippen LogP) is 2.66. The highest BCUT2D eigenvalue weighted by atomic mass is 127. The summed E-state index contributed by atoms with van der Waals surface area (Å²) in [6.45, 7) is 8.31. The monoisotopic (exact) mass is 520 g/mol. The number of morpholine rings is 1. The van der Waals surface area contributed by atoms with E-state index < -0.39 is 0 Å². The maximum atomic E-state index is 5.83. The number of ether oxygens (including phenoxy) is 2. The molecule has 2 N–H and O–H groups in total. The van der Waals surface area contributed by atoms with Crippen molar-refractivity contribution in [2.75, 3.05) is 59.1 Å². The largest absolute Gasteiger partial charge is 0.469 e. The smallest absolute Gasteiger partial charge is 0.191 e. The molecular weight excluding hydrogens is 483 g/mol. The minimum Gasteiger partial charge on any atom is -0.469 e. The standard InChI is InChI=1S/C21H36N4O3.HI/c1-2-15-27-19(5-1)7-10-23-21(24-11-8-20-6-3-16-28-20)22-9-4-12-25-13-17-26-18-14-25;/h3,6,16,19H,1-2,4-5,7-15,17-18H2,(H2,22,23,24);1H. The molecule has 166 valence electrons. The van der Waals surface area contributed by atoms with Crippen molar-refractivity contribution in [2.24, 2.45) is 4.99 Å². The zero-order valence-corrected chi connectivity index (χ0v) is 19.8. The third-order valence-corrected chi connectivity index (χ3v) is 5.28. The van der Waals surface area contributed by atoms with Crippen LogP contribution in [-0.2, 0) is 15.9 Å². The summed E-state index contributed by atoms with van der Waals surface area (Å²) >= 11 is 0. The van der Waals surface area contributed by atoms with Crippen molar-refractivity contribution in [3.8, 4) is 0 Å². The van der Waals surface area contributed by atoms with E-state index in [0.717, 1.165) is 90.1 Å². The van der Waals surface area contributed by atoms with Crippen LogP contribution in [0.4, 0.5) is 0 Å². The summed E-state index contributed by atoms with van der Waals surface area (Å²) in [6, 6.07) is 3.94. The summed E-state index contributed by atoms with van der Waals surface area (Å²) in [5.74, 6) is 1.89. The normalized spacial score (nSPS) is 20.8. The molecule has 8 heteroatoms. The molecular formula is C21H37IN4O3. The second kappa shape index (κ2) is 15.0. The van der Waals surface area contributed by atoms with Gasteiger partial charge in [-0.05, 0) is 44.2 Å². The van der Waals surface area contributed by atoms with E-state index in [4.69, 9.17) is 18.9 Å². The van der Waals surface area contributed by atoms with Gasteiger partial charge in [-0.2, -0.15) is 0 Å². The third kappa shape index (κ3) is 10.1. The van der Waals surface area contributed by atoms with Gasteiger partial charge >= 0.3 is 0 Å². The van der Waals surface area contributed by atoms with Crippen molar-refractivity contribution < 1.29 is 13.9 Å². The van der Waals surface area contributed by atoms with Crippen molar-refractivity contribution >= 4 is 29.9 Å². The molecule has 1 atom stereocenters. The fourth-order valence-corrected chi connectivity index (χ4v) is 3.63. The van der Waals surface area contributed by atoms with Crippen molar-refractivity contribution in [3.63, 3.8) is 0 Å². The predicted molar refractivity (Wildman–Crippen MR) is 126 cm³/mol. The van der Waals surface area contributed by atoms with Crippen molar-refractivity contribution in [3.05, 3.63) is 24.2 Å². The highest BCUT2D eigenvalue weighted by Gasteiger charge is 2.13. The van der Waals surface area contributed by atoms with E-state index in [-0.39, 0.29) is 24.0 Å². The van der Waals surface area contributed by atoms with Gasteiger partial charge in [0.15, 0.2) is 5.96 Å². The second-order valence-electron chi connectivity index (χ2n) is 7.50. The number of guanidine groups is 1. The molecule has 1 aromatic rings. The van der Waals surface area contributed by atoms with Gasteiger partial charge in [0.1, 0.15) is 5.76 Å². The number of nitrogens with one attached hydrogen (secondary N) is 2. The Morgan fingerprint density at radius 1 is 1.14 bits per heavy atom. The van der Waals surface area contributed by atoms with Crippen LogP contribution in [0.2, 0.25) is 0 Å². The van der Waals surface area contributed by atoms with Crippen molar-refractivity contribution in [1.82, 2.24) is 15.5 Å². The van der Waals surface area contributed by atoms with Crippen molar-refractivity contribution in [1.29, 1.82) is 0 Å². The van der Waals surface area contributed by atoms with Crippen LogP contribution in [0.15, 0.2) is 27.8 Å². The molecule has 0 aromatic carbocycles. The van der Waals surface area contributed by atoms with Crippen LogP contribution in [-0.4, -0.2) is 76.1 Å². The number of aliphatic imine (C=N–C) groups is 1. The first kappa shape index (κ1) is 24.4. The van der Waals surface area contributed by atoms with Crippen LogP contribution in [0.25, 0.3) is 0 Å². The quantitative estimate of drug-likeness (QED) is 0.214. The van der Waals surface area contributed by atoms with Gasteiger partial charge in [0.25, 0.3) is 0 Å². The molecule has 0 aliphatic carbocycles. The lowest BCUT2D eigenvalue weighted by molar-refractivity contribution is 0.0122. The fourth-order valence-electron chi connectivity index (χ4n) is 3.63. The maximum Gasteiger partial charge on any atom is 0.191 e. The zero-order valence-electron chi connectivity index (χ0n) is 17.4. The topological polar surface area (TPSA) is 71.3 Å². The van der Waals surface area contributed by atoms with E-state index in [1.165, 1.54) is 19.3 Å². The van der Waals surface area contributed by atoms with E-state index in [1.54, 1.807) is 6.26 Å². The molecule has 2 aliphatic heterocycles. The summed E-state index contributed by atoms with van der Waals surface area (Å²) in [7, 11) is 0. The Bertz CT molecular complexity index is 544. The highest BCUT2D eigenvalue weighted by Crippen LogP contribution is 2.14. The minimum atomic E-state index is 0. The van der Waals surface area contributed by atoms with E-state index in [2.05, 4.69) is 15.5 Å². The molecule has 0 radical (unpaired) electrons. The Labute approximate surface area is 192 Å². The molecule has 0 spiro atoms. The zero-order chi connectivity index (χ0) is 19.3. The molecule has 3 heterocycles. The summed E-state index contributed by atoms with van der Waals surface area (Å²) in [5, 5.41) is 6.92. The lowest BCUT2D eigenvalue weighted by Crippen LogP contribution is -2.40. The van der Waals surface area contributed by atoms with Gasteiger partial charge in [0.05, 0.1) is 25.6 Å². The molecule has 2 saturated heterocycles. The van der Waals surface area contributed by atoms with Crippen LogP contribution in [0, 0.1) is 0 Å². The Hall–Kier alpha value is -0.840. The van der Waals surface area contributed by atoms with Gasteiger partial charge in [-0.25, -0.2) is 0 Å². The molecule has 1 unspecified atom stereocenters. The average Bonchev–Trinajstić information content (AvgIpc) is 3.26. The molecule has 0 saturated carbocycles. The van der Waals surface area contributed by atoms with Crippen LogP contribution in [0.5, 0.6) is 0 Å². The summed E-state index contributed by atoms with van der Waals surface area (Å²) < 4.78 is 16.6. The first-order valence-electron chi connectivity index (χ1n) is 10.9. The Morgan fingerprint density at radius 3 is 2.76 bits per heavy atom. The lowest BCUT2D eigenvalue weighted by Gasteiger charge is -2.26. The highest BCUT2D eigenvalue weighted by molar-refractivity contribution is 14.0. The Morgan fingerprint density at radius 2 is 2.00 bits per heavy atom. The first-order valence-corrected chi connectivity index (χ1v) is 10.9. The molecule has 0 amide bonds. The van der Waals surface area contributed by atoms with Crippen LogP contribution in [0.3, 0.4) is 0 Å². The fraction of sp³-hybridized carbons (Fsp3) is 0.762. The molecule has 0 bridgehead atoms. The number of furan rings is 1. The van der Waals surface area contributed by atoms with Gasteiger partial charge < -0.3 is 24.5 Å². The van der Waals surface area contributed by atoms with E-state index in [9.17, 15) is 0 Å². The van der Waals surface area contributed by atoms with Gasteiger partial charge in [0.2, 0.25) is 0 Å². The molecule has 2 aliphatic rings. The van der Waals surface area contributed by atoms with Crippen LogP contribution >= 0.6 is 24.0 Å². The van der Waals surface area contributed by atoms with E-state index >= 15 is 0 Å². The second-order valence-corrected chi connectivity index (χ2v) is 7.50. The number of hydrogen-bond acceptors (Lipinski definition) is 5. The maximum absolute atomic E-state index is 5.83. The van der Waals surface area contributed by atoms with E-state index in [0.29, 0.717) is 6.10 Å². The van der Waals surface area contributed by atoms with Crippen LogP contribution in [0.1, 0.15) is 37.9 Å². The summed E-state index contributed by atoms with van der Waals surface area (Å²) in [4.78, 5) is 7.23. The van der Waals surface area contributed by atoms with Crippen molar-refractivity contribution in [2.45, 2.75) is 44.6 Å². The van der Waals surface area contributed by atoms with E-state index in [1.807, 2.05) is 12.1 Å². The number of halogens is 1. The van der Waals surface area contributed by atoms with Crippen LogP contribution < -0.4 is 10.6 Å². The third-order valence-electron chi connectivity index (χ3n) is 5.28. The van der Waals surface area contributed by atoms with Gasteiger partial charge in [0, 0.05) is 52.3 Å². The lowest BCUT2D eigenvalue weighted by atomic mass is 10.1. The first-order chi connectivity index (χ1) is 13.9. The van der Waals surface area contributed by atoms with Gasteiger partial charge in [-0.15, -0.1) is 24.0 Å². The molecule has 7 nitrogen and oxygen atoms in total. The summed E-state index contributed by atoms with van der Waals surface area (Å²) in [5.41, 5.74) is 0. The average molecular weight is 520 g/mol. The molecule has 3 rings (SSSR count). The van der Waals surface area contributed by atoms with Gasteiger partial charge in [-0.1, -0.05) is 0 Å². The number of nitrogens with zero attached hydrogens (tertiary/aromatic N) is 2. The molecule has 29 heavy (non-hydrogen) atoms. The molecule has 1 aromatic heterocycles. The number of rotatable bonds is 10. The minimum absolute atomic E-state index is 0.